The van der Waals surface area contributed by atoms with Crippen molar-refractivity contribution in [2.24, 2.45) is 0 Å². The number of nitrogens with zero attached hydrogens (tertiary/aromatic N) is 2. The minimum atomic E-state index is -0.852. The third kappa shape index (κ3) is 2.28. The molecule has 18 heavy (non-hydrogen) atoms. The van der Waals surface area contributed by atoms with E-state index in [0.29, 0.717) is 0 Å². The third-order valence-electron chi connectivity index (χ3n) is 2.37. The molecular weight excluding hydrogens is 251 g/mol. The maximum absolute atomic E-state index is 10.8. The van der Waals surface area contributed by atoms with Crippen LogP contribution in [0, 0.1) is 20.2 Å². The Hall–Kier alpha value is -1.70. The van der Waals surface area contributed by atoms with Crippen molar-refractivity contribution in [2.75, 3.05) is 0 Å². The van der Waals surface area contributed by atoms with Gasteiger partial charge in [0.15, 0.2) is 0 Å². The molecule has 2 aromatic carbocycles. The number of nitro groups is 2. The number of non-ortho nitro benzene ring substituents is 1. The fourth-order valence-corrected chi connectivity index (χ4v) is 1.62. The molecule has 0 radical (unpaired) electrons. The molecule has 0 spiro atoms. The third-order valence-corrected chi connectivity index (χ3v) is 2.37. The second-order valence-electron chi connectivity index (χ2n) is 3.32. The molecule has 0 heterocycles. The predicted molar refractivity (Wildman–Crippen MR) is 60.0 cm³/mol. The van der Waals surface area contributed by atoms with Crippen LogP contribution in [0.1, 0.15) is 1.43 Å². The Labute approximate surface area is 124 Å². The smallest absolute Gasteiger partial charge is 1.00 e. The summed E-state index contributed by atoms with van der Waals surface area (Å²) in [4.78, 5) is 19.9. The Balaban J connectivity index is 0.00000162. The number of hydrogen-bond donors (Lipinski definition) is 1. The first kappa shape index (κ1) is 14.4. The van der Waals surface area contributed by atoms with Crippen molar-refractivity contribution < 1.29 is 45.9 Å². The molecule has 2 aromatic rings. The largest absolute Gasteiger partial charge is 1.00 e. The van der Waals surface area contributed by atoms with E-state index in [1.54, 1.807) is 6.07 Å². The molecule has 0 fully saturated rings. The normalized spacial score (nSPS) is 9.78. The van der Waals surface area contributed by atoms with Gasteiger partial charge in [0.1, 0.15) is 0 Å². The SMILES string of the molecule is O=[N+]([O-])c1cc([N+](=O)[O-])c2ccccc2c1O.[H-].[Na+]. The molecule has 2 rings (SSSR count). The van der Waals surface area contributed by atoms with Crippen molar-refractivity contribution in [2.45, 2.75) is 0 Å². The summed E-state index contributed by atoms with van der Waals surface area (Å²) in [6, 6.07) is 6.68. The van der Waals surface area contributed by atoms with E-state index in [0.717, 1.165) is 6.07 Å². The number of hydrogen-bond acceptors (Lipinski definition) is 5. The molecule has 88 valence electrons. The van der Waals surface area contributed by atoms with Crippen molar-refractivity contribution in [1.29, 1.82) is 0 Å². The fraction of sp³-hybridized carbons (Fsp3) is 0. The van der Waals surface area contributed by atoms with E-state index in [2.05, 4.69) is 0 Å². The molecule has 0 aliphatic carbocycles. The van der Waals surface area contributed by atoms with E-state index < -0.39 is 27.0 Å². The van der Waals surface area contributed by atoms with E-state index in [1.807, 2.05) is 0 Å². The van der Waals surface area contributed by atoms with Crippen LogP contribution in [0.5, 0.6) is 5.75 Å². The van der Waals surface area contributed by atoms with Crippen LogP contribution in [-0.2, 0) is 0 Å². The van der Waals surface area contributed by atoms with Gasteiger partial charge < -0.3 is 6.53 Å². The summed E-state index contributed by atoms with van der Waals surface area (Å²) in [5.74, 6) is -0.559. The fourth-order valence-electron chi connectivity index (χ4n) is 1.62. The molecule has 0 aliphatic heterocycles. The minimum Gasteiger partial charge on any atom is -1.00 e. The second kappa shape index (κ2) is 5.30. The predicted octanol–water partition coefficient (Wildman–Crippen LogP) is -0.522. The van der Waals surface area contributed by atoms with E-state index in [4.69, 9.17) is 0 Å². The molecular formula is C10H7N2NaO5. The zero-order chi connectivity index (χ0) is 12.6. The molecule has 0 aromatic heterocycles. The van der Waals surface area contributed by atoms with Gasteiger partial charge in [0.2, 0.25) is 5.75 Å². The van der Waals surface area contributed by atoms with Crippen molar-refractivity contribution in [3.05, 3.63) is 50.6 Å². The van der Waals surface area contributed by atoms with Crippen LogP contribution in [0.15, 0.2) is 30.3 Å². The Morgan fingerprint density at radius 2 is 1.50 bits per heavy atom. The monoisotopic (exact) mass is 258 g/mol. The number of phenols is 1. The summed E-state index contributed by atoms with van der Waals surface area (Å²) in [5, 5.41) is 31.4. The van der Waals surface area contributed by atoms with Gasteiger partial charge in [0.05, 0.1) is 21.3 Å². The minimum absolute atomic E-state index is 0. The number of rotatable bonds is 2. The van der Waals surface area contributed by atoms with E-state index in [9.17, 15) is 25.3 Å². The first-order valence-corrected chi connectivity index (χ1v) is 4.56. The van der Waals surface area contributed by atoms with Gasteiger partial charge in [-0.05, 0) is 6.07 Å². The topological polar surface area (TPSA) is 107 Å². The van der Waals surface area contributed by atoms with E-state index in [-0.39, 0.29) is 41.8 Å². The summed E-state index contributed by atoms with van der Waals surface area (Å²) in [6.45, 7) is 0. The zero-order valence-corrected chi connectivity index (χ0v) is 11.4. The van der Waals surface area contributed by atoms with E-state index in [1.165, 1.54) is 18.2 Å². The van der Waals surface area contributed by atoms with Gasteiger partial charge in [-0.15, -0.1) is 0 Å². The first-order valence-electron chi connectivity index (χ1n) is 4.56. The van der Waals surface area contributed by atoms with Gasteiger partial charge in [-0.1, -0.05) is 18.2 Å². The van der Waals surface area contributed by atoms with Crippen LogP contribution in [0.2, 0.25) is 0 Å². The van der Waals surface area contributed by atoms with Crippen LogP contribution in [-0.4, -0.2) is 15.0 Å². The number of phenolic OH excluding ortho intramolecular Hbond substituents is 1. The Bertz CT molecular complexity index is 649. The number of fused-ring (bicyclic) bond motifs is 1. The van der Waals surface area contributed by atoms with E-state index >= 15 is 0 Å². The summed E-state index contributed by atoms with van der Waals surface area (Å²) >= 11 is 0. The quantitative estimate of drug-likeness (QED) is 0.443. The number of aromatic hydroxyl groups is 1. The molecule has 0 unspecified atom stereocenters. The summed E-state index contributed by atoms with van der Waals surface area (Å²) in [5.41, 5.74) is -1.07. The van der Waals surface area contributed by atoms with Crippen molar-refractivity contribution in [1.82, 2.24) is 0 Å². The number of benzene rings is 2. The maximum atomic E-state index is 10.8. The van der Waals surface area contributed by atoms with Gasteiger partial charge in [-0.3, -0.25) is 20.2 Å². The summed E-state index contributed by atoms with van der Waals surface area (Å²) in [6.07, 6.45) is 0. The molecule has 0 bridgehead atoms. The van der Waals surface area contributed by atoms with Crippen molar-refractivity contribution in [3.63, 3.8) is 0 Å². The van der Waals surface area contributed by atoms with Gasteiger partial charge in [-0.2, -0.15) is 0 Å². The standard InChI is InChI=1S/C10H6N2O5.Na.H/c13-10-7-4-2-1-3-6(7)8(11(14)15)5-9(10)12(16)17;;/h1-5,13H;;/q;+1;-1. The van der Waals surface area contributed by atoms with Gasteiger partial charge >= 0.3 is 35.2 Å². The second-order valence-corrected chi connectivity index (χ2v) is 3.32. The zero-order valence-electron chi connectivity index (χ0n) is 10.4. The maximum Gasteiger partial charge on any atom is 1.00 e. The molecule has 0 amide bonds. The average Bonchev–Trinajstić information content (AvgIpc) is 2.29. The van der Waals surface area contributed by atoms with Crippen molar-refractivity contribution in [3.8, 4) is 5.75 Å². The van der Waals surface area contributed by atoms with Gasteiger partial charge in [-0.25, -0.2) is 0 Å². The Kier molecular flexibility index (Phi) is 4.23. The summed E-state index contributed by atoms with van der Waals surface area (Å²) < 4.78 is 0. The van der Waals surface area contributed by atoms with Crippen LogP contribution in [0.3, 0.4) is 0 Å². The van der Waals surface area contributed by atoms with Crippen LogP contribution in [0.4, 0.5) is 11.4 Å². The summed E-state index contributed by atoms with van der Waals surface area (Å²) in [7, 11) is 0. The molecule has 0 aliphatic rings. The molecule has 8 heteroatoms. The first-order chi connectivity index (χ1) is 8.02. The Morgan fingerprint density at radius 3 is 2.00 bits per heavy atom. The number of nitro benzene ring substituents is 2. The molecule has 7 nitrogen and oxygen atoms in total. The molecule has 1 N–H and O–H groups in total. The van der Waals surface area contributed by atoms with Crippen molar-refractivity contribution >= 4 is 22.1 Å². The molecule has 0 saturated carbocycles. The van der Waals surface area contributed by atoms with Crippen LogP contribution >= 0.6 is 0 Å². The average molecular weight is 258 g/mol. The molecule has 0 saturated heterocycles. The molecule has 0 atom stereocenters. The van der Waals surface area contributed by atoms with Crippen LogP contribution in [0.25, 0.3) is 10.8 Å². The Morgan fingerprint density at radius 1 is 1.00 bits per heavy atom. The van der Waals surface area contributed by atoms with Crippen LogP contribution < -0.4 is 29.6 Å². The van der Waals surface area contributed by atoms with Gasteiger partial charge in [0.25, 0.3) is 5.69 Å². The van der Waals surface area contributed by atoms with Gasteiger partial charge in [0, 0.05) is 5.39 Å².